The highest BCUT2D eigenvalue weighted by molar-refractivity contribution is 5.75. The zero-order valence-electron chi connectivity index (χ0n) is 11.0. The molecule has 0 aromatic heterocycles. The Balaban J connectivity index is 2.39. The Bertz CT molecular complexity index is 393. The van der Waals surface area contributed by atoms with E-state index in [9.17, 15) is 9.18 Å². The minimum absolute atomic E-state index is 0.0360. The van der Waals surface area contributed by atoms with Gasteiger partial charge in [-0.2, -0.15) is 0 Å². The van der Waals surface area contributed by atoms with E-state index < -0.39 is 0 Å². The van der Waals surface area contributed by atoms with Crippen molar-refractivity contribution < 1.29 is 9.18 Å². The fourth-order valence-electron chi connectivity index (χ4n) is 1.66. The predicted octanol–water partition coefficient (Wildman–Crippen LogP) is 1.95. The van der Waals surface area contributed by atoms with E-state index in [4.69, 9.17) is 5.73 Å². The highest BCUT2D eigenvalue weighted by Crippen LogP contribution is 2.08. The molecule has 1 aromatic rings. The van der Waals surface area contributed by atoms with E-state index >= 15 is 0 Å². The van der Waals surface area contributed by atoms with Gasteiger partial charge in [0.25, 0.3) is 0 Å². The van der Waals surface area contributed by atoms with Crippen LogP contribution in [0.5, 0.6) is 0 Å². The number of halogens is 1. The number of benzene rings is 1. The smallest absolute Gasteiger partial charge is 0.222 e. The molecule has 0 aliphatic rings. The molecule has 0 fully saturated rings. The van der Waals surface area contributed by atoms with E-state index in [2.05, 4.69) is 0 Å². The van der Waals surface area contributed by atoms with Crippen LogP contribution in [0, 0.1) is 5.82 Å². The summed E-state index contributed by atoms with van der Waals surface area (Å²) in [4.78, 5) is 13.4. The molecule has 0 aliphatic heterocycles. The number of hydrogen-bond acceptors (Lipinski definition) is 2. The third-order valence-corrected chi connectivity index (χ3v) is 2.91. The van der Waals surface area contributed by atoms with Gasteiger partial charge in [0.05, 0.1) is 0 Å². The maximum Gasteiger partial charge on any atom is 0.222 e. The molecule has 0 spiro atoms. The van der Waals surface area contributed by atoms with Crippen LogP contribution in [0.15, 0.2) is 24.3 Å². The van der Waals surface area contributed by atoms with Crippen molar-refractivity contribution in [2.24, 2.45) is 5.73 Å². The van der Waals surface area contributed by atoms with E-state index in [0.717, 1.165) is 0 Å². The van der Waals surface area contributed by atoms with Crippen molar-refractivity contribution in [1.29, 1.82) is 0 Å². The molecule has 1 rings (SSSR count). The van der Waals surface area contributed by atoms with Crippen LogP contribution in [0.4, 0.5) is 4.39 Å². The first-order valence-corrected chi connectivity index (χ1v) is 6.23. The summed E-state index contributed by atoms with van der Waals surface area (Å²) in [6, 6.07) is 6.68. The SMILES string of the molecule is CC(N)CCC(=O)N(C)CCc1ccccc1F. The highest BCUT2D eigenvalue weighted by Gasteiger charge is 2.10. The Labute approximate surface area is 108 Å². The molecule has 0 heterocycles. The second-order valence-corrected chi connectivity index (χ2v) is 4.67. The highest BCUT2D eigenvalue weighted by atomic mass is 19.1. The molecule has 4 heteroatoms. The summed E-state index contributed by atoms with van der Waals surface area (Å²) in [7, 11) is 1.74. The van der Waals surface area contributed by atoms with E-state index in [1.54, 1.807) is 30.1 Å². The first-order valence-electron chi connectivity index (χ1n) is 6.23. The van der Waals surface area contributed by atoms with Gasteiger partial charge in [-0.1, -0.05) is 18.2 Å². The van der Waals surface area contributed by atoms with Crippen molar-refractivity contribution in [2.45, 2.75) is 32.2 Å². The van der Waals surface area contributed by atoms with Gasteiger partial charge in [-0.3, -0.25) is 4.79 Å². The van der Waals surface area contributed by atoms with Gasteiger partial charge in [-0.15, -0.1) is 0 Å². The molecule has 3 nitrogen and oxygen atoms in total. The lowest BCUT2D eigenvalue weighted by Crippen LogP contribution is -2.30. The molecular formula is C14H21FN2O. The summed E-state index contributed by atoms with van der Waals surface area (Å²) < 4.78 is 13.4. The van der Waals surface area contributed by atoms with Gasteiger partial charge in [-0.05, 0) is 31.4 Å². The van der Waals surface area contributed by atoms with E-state index in [-0.39, 0.29) is 17.8 Å². The number of rotatable bonds is 6. The molecule has 1 unspecified atom stereocenters. The van der Waals surface area contributed by atoms with Gasteiger partial charge in [0.1, 0.15) is 5.82 Å². The second kappa shape index (κ2) is 7.11. The largest absolute Gasteiger partial charge is 0.345 e. The quantitative estimate of drug-likeness (QED) is 0.841. The molecule has 1 amide bonds. The number of carbonyl (C=O) groups is 1. The Morgan fingerprint density at radius 3 is 2.72 bits per heavy atom. The average molecular weight is 252 g/mol. The summed E-state index contributed by atoms with van der Waals surface area (Å²) >= 11 is 0. The summed E-state index contributed by atoms with van der Waals surface area (Å²) in [5.74, 6) is -0.155. The van der Waals surface area contributed by atoms with Gasteiger partial charge >= 0.3 is 0 Å². The summed E-state index contributed by atoms with van der Waals surface area (Å²) in [5, 5.41) is 0. The maximum absolute atomic E-state index is 13.4. The van der Waals surface area contributed by atoms with Crippen molar-refractivity contribution in [1.82, 2.24) is 4.90 Å². The van der Waals surface area contributed by atoms with Gasteiger partial charge < -0.3 is 10.6 Å². The Morgan fingerprint density at radius 2 is 2.11 bits per heavy atom. The first kappa shape index (κ1) is 14.6. The number of nitrogens with zero attached hydrogens (tertiary/aromatic N) is 1. The van der Waals surface area contributed by atoms with Gasteiger partial charge in [0.15, 0.2) is 0 Å². The lowest BCUT2D eigenvalue weighted by atomic mass is 10.1. The van der Waals surface area contributed by atoms with Gasteiger partial charge in [0.2, 0.25) is 5.91 Å². The van der Waals surface area contributed by atoms with E-state index in [0.29, 0.717) is 31.4 Å². The third kappa shape index (κ3) is 4.84. The number of carbonyl (C=O) groups excluding carboxylic acids is 1. The molecule has 0 aliphatic carbocycles. The van der Waals surface area contributed by atoms with Crippen LogP contribution < -0.4 is 5.73 Å². The van der Waals surface area contributed by atoms with Crippen LogP contribution in [-0.2, 0) is 11.2 Å². The first-order chi connectivity index (χ1) is 8.50. The van der Waals surface area contributed by atoms with Crippen molar-refractivity contribution in [3.05, 3.63) is 35.6 Å². The number of amides is 1. The Morgan fingerprint density at radius 1 is 1.44 bits per heavy atom. The van der Waals surface area contributed by atoms with Crippen molar-refractivity contribution in [3.63, 3.8) is 0 Å². The summed E-state index contributed by atoms with van der Waals surface area (Å²) in [5.41, 5.74) is 6.25. The van der Waals surface area contributed by atoms with Crippen molar-refractivity contribution in [3.8, 4) is 0 Å². The van der Waals surface area contributed by atoms with Crippen LogP contribution >= 0.6 is 0 Å². The number of hydrogen-bond donors (Lipinski definition) is 1. The zero-order valence-corrected chi connectivity index (χ0v) is 11.0. The molecule has 0 radical (unpaired) electrons. The number of likely N-dealkylation sites (N-methyl/N-ethyl adjacent to an activating group) is 1. The van der Waals surface area contributed by atoms with Crippen molar-refractivity contribution in [2.75, 3.05) is 13.6 Å². The van der Waals surface area contributed by atoms with Crippen molar-refractivity contribution >= 4 is 5.91 Å². The molecular weight excluding hydrogens is 231 g/mol. The van der Waals surface area contributed by atoms with Gasteiger partial charge in [-0.25, -0.2) is 4.39 Å². The zero-order chi connectivity index (χ0) is 13.5. The third-order valence-electron chi connectivity index (χ3n) is 2.91. The molecule has 2 N–H and O–H groups in total. The lowest BCUT2D eigenvalue weighted by molar-refractivity contribution is -0.130. The standard InChI is InChI=1S/C14H21FN2O/c1-11(16)7-8-14(18)17(2)10-9-12-5-3-4-6-13(12)15/h3-6,11H,7-10,16H2,1-2H3. The summed E-state index contributed by atoms with van der Waals surface area (Å²) in [6.07, 6.45) is 1.67. The van der Waals surface area contributed by atoms with Crippen LogP contribution in [0.1, 0.15) is 25.3 Å². The minimum atomic E-state index is -0.214. The van der Waals surface area contributed by atoms with E-state index in [1.165, 1.54) is 6.07 Å². The number of nitrogens with two attached hydrogens (primary N) is 1. The second-order valence-electron chi connectivity index (χ2n) is 4.67. The van der Waals surface area contributed by atoms with Crippen LogP contribution in [0.2, 0.25) is 0 Å². The maximum atomic E-state index is 13.4. The van der Waals surface area contributed by atoms with Gasteiger partial charge in [0, 0.05) is 26.1 Å². The Hall–Kier alpha value is -1.42. The normalized spacial score (nSPS) is 12.2. The van der Waals surface area contributed by atoms with Crippen LogP contribution in [-0.4, -0.2) is 30.4 Å². The molecule has 0 saturated carbocycles. The van der Waals surface area contributed by atoms with E-state index in [1.807, 2.05) is 6.92 Å². The monoisotopic (exact) mass is 252 g/mol. The Kier molecular flexibility index (Phi) is 5.78. The average Bonchev–Trinajstić information content (AvgIpc) is 2.34. The molecule has 0 bridgehead atoms. The van der Waals surface area contributed by atoms with Crippen LogP contribution in [0.3, 0.4) is 0 Å². The molecule has 1 atom stereocenters. The minimum Gasteiger partial charge on any atom is -0.345 e. The van der Waals surface area contributed by atoms with Crippen LogP contribution in [0.25, 0.3) is 0 Å². The molecule has 100 valence electrons. The fourth-order valence-corrected chi connectivity index (χ4v) is 1.66. The summed E-state index contributed by atoms with van der Waals surface area (Å²) in [6.45, 7) is 2.41. The topological polar surface area (TPSA) is 46.3 Å². The lowest BCUT2D eigenvalue weighted by Gasteiger charge is -2.18. The predicted molar refractivity (Wildman–Crippen MR) is 70.6 cm³/mol. The molecule has 0 saturated heterocycles. The molecule has 1 aromatic carbocycles. The molecule has 18 heavy (non-hydrogen) atoms. The fraction of sp³-hybridized carbons (Fsp3) is 0.500.